The third kappa shape index (κ3) is 5.98. The lowest BCUT2D eigenvalue weighted by molar-refractivity contribution is 0.344. The number of thioether (sulfide) groups is 1. The lowest BCUT2D eigenvalue weighted by Crippen LogP contribution is -2.13. The third-order valence-corrected chi connectivity index (χ3v) is 3.60. The van der Waals surface area contributed by atoms with E-state index >= 15 is 0 Å². The zero-order valence-electron chi connectivity index (χ0n) is 11.2. The van der Waals surface area contributed by atoms with Gasteiger partial charge in [-0.05, 0) is 36.4 Å². The molecule has 0 aliphatic rings. The van der Waals surface area contributed by atoms with Gasteiger partial charge in [-0.3, -0.25) is 0 Å². The van der Waals surface area contributed by atoms with Gasteiger partial charge in [0.1, 0.15) is 5.75 Å². The second kappa shape index (κ2) is 9.54. The number of benzene rings is 1. The van der Waals surface area contributed by atoms with E-state index in [4.69, 9.17) is 16.3 Å². The van der Waals surface area contributed by atoms with Gasteiger partial charge in [0.05, 0.1) is 11.6 Å². The first kappa shape index (κ1) is 15.7. The fraction of sp³-hybridized carbons (Fsp3) is 0.571. The summed E-state index contributed by atoms with van der Waals surface area (Å²) in [7, 11) is 0. The van der Waals surface area contributed by atoms with Gasteiger partial charge in [0.25, 0.3) is 0 Å². The van der Waals surface area contributed by atoms with Crippen LogP contribution in [0.1, 0.15) is 25.8 Å². The maximum absolute atomic E-state index is 6.20. The first-order chi connectivity index (χ1) is 8.77. The van der Waals surface area contributed by atoms with Crippen molar-refractivity contribution in [3.63, 3.8) is 0 Å². The fourth-order valence-corrected chi connectivity index (χ4v) is 2.28. The number of rotatable bonds is 9. The Morgan fingerprint density at radius 2 is 2.17 bits per heavy atom. The van der Waals surface area contributed by atoms with Gasteiger partial charge in [0.15, 0.2) is 0 Å². The highest BCUT2D eigenvalue weighted by Gasteiger charge is 2.03. The molecule has 0 aliphatic heterocycles. The minimum absolute atomic E-state index is 0.701. The molecule has 0 atom stereocenters. The van der Waals surface area contributed by atoms with Crippen LogP contribution in [0.4, 0.5) is 0 Å². The van der Waals surface area contributed by atoms with Gasteiger partial charge in [0, 0.05) is 12.3 Å². The molecule has 1 aromatic rings. The van der Waals surface area contributed by atoms with Crippen molar-refractivity contribution in [2.75, 3.05) is 24.7 Å². The standard InChI is InChI=1S/C14H22ClNOS/c1-3-7-16-11-12-5-6-14(13(15)10-12)17-8-9-18-4-2/h5-6,10,16H,3-4,7-9,11H2,1-2H3. The van der Waals surface area contributed by atoms with E-state index in [-0.39, 0.29) is 0 Å². The van der Waals surface area contributed by atoms with E-state index in [1.54, 1.807) is 0 Å². The highest BCUT2D eigenvalue weighted by molar-refractivity contribution is 7.99. The molecule has 1 N–H and O–H groups in total. The molecule has 4 heteroatoms. The SMILES string of the molecule is CCCNCc1ccc(OCCSCC)c(Cl)c1. The van der Waals surface area contributed by atoms with Crippen LogP contribution >= 0.6 is 23.4 Å². The Hall–Kier alpha value is -0.380. The Bertz CT molecular complexity index is 347. The molecule has 102 valence electrons. The van der Waals surface area contributed by atoms with Gasteiger partial charge in [0.2, 0.25) is 0 Å². The lowest BCUT2D eigenvalue weighted by Gasteiger charge is -2.09. The van der Waals surface area contributed by atoms with Crippen molar-refractivity contribution in [3.8, 4) is 5.75 Å². The Kier molecular flexibility index (Phi) is 8.31. The predicted octanol–water partition coefficient (Wildman–Crippen LogP) is 3.97. The highest BCUT2D eigenvalue weighted by Crippen LogP contribution is 2.25. The van der Waals surface area contributed by atoms with E-state index in [2.05, 4.69) is 25.2 Å². The van der Waals surface area contributed by atoms with E-state index in [9.17, 15) is 0 Å². The van der Waals surface area contributed by atoms with Crippen LogP contribution in [-0.4, -0.2) is 24.7 Å². The summed E-state index contributed by atoms with van der Waals surface area (Å²) in [5.74, 6) is 2.92. The molecule has 1 aromatic carbocycles. The molecule has 2 nitrogen and oxygen atoms in total. The van der Waals surface area contributed by atoms with Gasteiger partial charge in [-0.15, -0.1) is 0 Å². The Balaban J connectivity index is 2.41. The zero-order chi connectivity index (χ0) is 13.2. The molecule has 0 saturated heterocycles. The Labute approximate surface area is 119 Å². The molecule has 0 bridgehead atoms. The molecular weight excluding hydrogens is 266 g/mol. The molecule has 0 amide bonds. The van der Waals surface area contributed by atoms with Crippen molar-refractivity contribution in [2.24, 2.45) is 0 Å². The minimum atomic E-state index is 0.701. The molecule has 1 rings (SSSR count). The van der Waals surface area contributed by atoms with Crippen LogP contribution < -0.4 is 10.1 Å². The molecule has 0 aromatic heterocycles. The number of ether oxygens (including phenoxy) is 1. The quantitative estimate of drug-likeness (QED) is 0.695. The summed E-state index contributed by atoms with van der Waals surface area (Å²) in [4.78, 5) is 0. The van der Waals surface area contributed by atoms with Crippen molar-refractivity contribution in [3.05, 3.63) is 28.8 Å². The molecule has 18 heavy (non-hydrogen) atoms. The predicted molar refractivity (Wildman–Crippen MR) is 81.9 cm³/mol. The summed E-state index contributed by atoms with van der Waals surface area (Å²) in [5.41, 5.74) is 1.20. The summed E-state index contributed by atoms with van der Waals surface area (Å²) >= 11 is 8.07. The first-order valence-electron chi connectivity index (χ1n) is 6.47. The van der Waals surface area contributed by atoms with Crippen molar-refractivity contribution in [1.29, 1.82) is 0 Å². The van der Waals surface area contributed by atoms with Crippen LogP contribution in [0, 0.1) is 0 Å². The first-order valence-corrected chi connectivity index (χ1v) is 8.00. The van der Waals surface area contributed by atoms with E-state index in [0.29, 0.717) is 11.6 Å². The van der Waals surface area contributed by atoms with Crippen molar-refractivity contribution in [1.82, 2.24) is 5.32 Å². The summed E-state index contributed by atoms with van der Waals surface area (Å²) in [6.45, 7) is 6.91. The molecule has 0 saturated carbocycles. The molecule has 0 aliphatic carbocycles. The largest absolute Gasteiger partial charge is 0.491 e. The topological polar surface area (TPSA) is 21.3 Å². The zero-order valence-corrected chi connectivity index (χ0v) is 12.7. The van der Waals surface area contributed by atoms with Crippen molar-refractivity contribution < 1.29 is 4.74 Å². The molecule has 0 fully saturated rings. The smallest absolute Gasteiger partial charge is 0.137 e. The van der Waals surface area contributed by atoms with Gasteiger partial charge in [-0.1, -0.05) is 31.5 Å². The Morgan fingerprint density at radius 1 is 1.33 bits per heavy atom. The van der Waals surface area contributed by atoms with Crippen LogP contribution in [0.15, 0.2) is 18.2 Å². The second-order valence-corrected chi connectivity index (χ2v) is 5.79. The monoisotopic (exact) mass is 287 g/mol. The molecular formula is C14H22ClNOS. The van der Waals surface area contributed by atoms with Crippen LogP contribution in [0.3, 0.4) is 0 Å². The molecule has 0 unspecified atom stereocenters. The summed E-state index contributed by atoms with van der Waals surface area (Å²) in [6.07, 6.45) is 1.14. The van der Waals surface area contributed by atoms with Crippen LogP contribution in [-0.2, 0) is 6.54 Å². The van der Waals surface area contributed by atoms with Crippen molar-refractivity contribution in [2.45, 2.75) is 26.8 Å². The van der Waals surface area contributed by atoms with Gasteiger partial charge < -0.3 is 10.1 Å². The maximum Gasteiger partial charge on any atom is 0.137 e. The Morgan fingerprint density at radius 3 is 2.83 bits per heavy atom. The van der Waals surface area contributed by atoms with Crippen LogP contribution in [0.5, 0.6) is 5.75 Å². The molecule has 0 radical (unpaired) electrons. The van der Waals surface area contributed by atoms with Gasteiger partial charge >= 0.3 is 0 Å². The van der Waals surface area contributed by atoms with Gasteiger partial charge in [-0.25, -0.2) is 0 Å². The third-order valence-electron chi connectivity index (χ3n) is 2.44. The molecule has 0 spiro atoms. The minimum Gasteiger partial charge on any atom is -0.491 e. The van der Waals surface area contributed by atoms with Crippen molar-refractivity contribution >= 4 is 23.4 Å². The summed E-state index contributed by atoms with van der Waals surface area (Å²) in [6, 6.07) is 6.01. The van der Waals surface area contributed by atoms with Crippen LogP contribution in [0.25, 0.3) is 0 Å². The average Bonchev–Trinajstić information content (AvgIpc) is 2.37. The number of halogens is 1. The second-order valence-electron chi connectivity index (χ2n) is 3.99. The molecule has 0 heterocycles. The summed E-state index contributed by atoms with van der Waals surface area (Å²) in [5, 5.41) is 4.06. The lowest BCUT2D eigenvalue weighted by atomic mass is 10.2. The normalized spacial score (nSPS) is 10.6. The summed E-state index contributed by atoms with van der Waals surface area (Å²) < 4.78 is 5.65. The number of nitrogens with one attached hydrogen (secondary N) is 1. The number of hydrogen-bond donors (Lipinski definition) is 1. The highest BCUT2D eigenvalue weighted by atomic mass is 35.5. The van der Waals surface area contributed by atoms with E-state index in [1.807, 2.05) is 23.9 Å². The van der Waals surface area contributed by atoms with Crippen LogP contribution in [0.2, 0.25) is 5.02 Å². The van der Waals surface area contributed by atoms with Gasteiger partial charge in [-0.2, -0.15) is 11.8 Å². The van der Waals surface area contributed by atoms with E-state index in [1.165, 1.54) is 5.56 Å². The average molecular weight is 288 g/mol. The van der Waals surface area contributed by atoms with E-state index in [0.717, 1.165) is 36.8 Å². The number of hydrogen-bond acceptors (Lipinski definition) is 3. The van der Waals surface area contributed by atoms with E-state index < -0.39 is 0 Å². The maximum atomic E-state index is 6.20. The fourth-order valence-electron chi connectivity index (χ4n) is 1.54.